The lowest BCUT2D eigenvalue weighted by atomic mass is 9.93. The molecule has 1 N–H and O–H groups in total. The summed E-state index contributed by atoms with van der Waals surface area (Å²) in [5.41, 5.74) is 0.700. The van der Waals surface area contributed by atoms with Gasteiger partial charge in [0.15, 0.2) is 0 Å². The summed E-state index contributed by atoms with van der Waals surface area (Å²) in [6.07, 6.45) is 0. The van der Waals surface area contributed by atoms with Crippen LogP contribution in [0, 0.1) is 5.82 Å². The molecule has 0 saturated carbocycles. The van der Waals surface area contributed by atoms with Gasteiger partial charge in [-0.15, -0.1) is 0 Å². The summed E-state index contributed by atoms with van der Waals surface area (Å²) in [6, 6.07) is 3.36. The number of benzene rings is 1. The van der Waals surface area contributed by atoms with Gasteiger partial charge in [0.05, 0.1) is 5.02 Å². The van der Waals surface area contributed by atoms with Crippen LogP contribution in [0.15, 0.2) is 16.6 Å². The van der Waals surface area contributed by atoms with E-state index < -0.39 is 0 Å². The van der Waals surface area contributed by atoms with Crippen LogP contribution in [0.1, 0.15) is 11.5 Å². The van der Waals surface area contributed by atoms with Crippen molar-refractivity contribution in [3.05, 3.63) is 33.0 Å². The van der Waals surface area contributed by atoms with Crippen molar-refractivity contribution in [2.45, 2.75) is 5.92 Å². The van der Waals surface area contributed by atoms with Crippen LogP contribution in [0.3, 0.4) is 0 Å². The monoisotopic (exact) mass is 263 g/mol. The van der Waals surface area contributed by atoms with Crippen molar-refractivity contribution in [2.24, 2.45) is 0 Å². The van der Waals surface area contributed by atoms with Crippen LogP contribution in [-0.2, 0) is 0 Å². The average Bonchev–Trinajstić information content (AvgIpc) is 2.02. The highest BCUT2D eigenvalue weighted by molar-refractivity contribution is 9.10. The molecule has 1 aliphatic rings. The maximum atomic E-state index is 13.5. The third-order valence-electron chi connectivity index (χ3n) is 2.27. The Labute approximate surface area is 89.4 Å². The van der Waals surface area contributed by atoms with Gasteiger partial charge < -0.3 is 5.32 Å². The molecule has 0 spiro atoms. The van der Waals surface area contributed by atoms with Crippen LogP contribution in [-0.4, -0.2) is 13.1 Å². The summed E-state index contributed by atoms with van der Waals surface area (Å²) >= 11 is 9.02. The molecule has 4 heteroatoms. The van der Waals surface area contributed by atoms with E-state index in [1.54, 1.807) is 12.1 Å². The summed E-state index contributed by atoms with van der Waals surface area (Å²) < 4.78 is 14.4. The molecule has 1 saturated heterocycles. The van der Waals surface area contributed by atoms with Gasteiger partial charge in [0.25, 0.3) is 0 Å². The van der Waals surface area contributed by atoms with Crippen molar-refractivity contribution >= 4 is 27.5 Å². The van der Waals surface area contributed by atoms with E-state index in [9.17, 15) is 4.39 Å². The number of halogens is 3. The molecule has 0 bridgehead atoms. The lowest BCUT2D eigenvalue weighted by molar-refractivity contribution is 0.429. The lowest BCUT2D eigenvalue weighted by Crippen LogP contribution is -2.40. The van der Waals surface area contributed by atoms with Crippen molar-refractivity contribution in [1.29, 1.82) is 0 Å². The van der Waals surface area contributed by atoms with Crippen LogP contribution in [0.25, 0.3) is 0 Å². The Bertz CT molecular complexity index is 339. The minimum atomic E-state index is -0.289. The third-order valence-corrected chi connectivity index (χ3v) is 3.25. The van der Waals surface area contributed by atoms with Crippen molar-refractivity contribution in [3.8, 4) is 0 Å². The van der Waals surface area contributed by atoms with E-state index in [4.69, 9.17) is 11.6 Å². The smallest absolute Gasteiger partial charge is 0.146 e. The third kappa shape index (κ3) is 1.60. The predicted molar refractivity (Wildman–Crippen MR) is 54.7 cm³/mol. The number of nitrogens with one attached hydrogen (secondary N) is 1. The Balaban J connectivity index is 2.46. The molecule has 0 aliphatic carbocycles. The summed E-state index contributed by atoms with van der Waals surface area (Å²) in [5.74, 6) is -0.0318. The van der Waals surface area contributed by atoms with Crippen LogP contribution in [0.4, 0.5) is 4.39 Å². The Morgan fingerprint density at radius 2 is 2.15 bits per heavy atom. The fourth-order valence-corrected chi connectivity index (χ4v) is 2.20. The van der Waals surface area contributed by atoms with Crippen molar-refractivity contribution in [3.63, 3.8) is 0 Å². The Morgan fingerprint density at radius 1 is 1.46 bits per heavy atom. The quantitative estimate of drug-likeness (QED) is 0.769. The predicted octanol–water partition coefficient (Wildman–Crippen LogP) is 2.93. The van der Waals surface area contributed by atoms with Gasteiger partial charge in [-0.1, -0.05) is 27.5 Å². The SMILES string of the molecule is Fc1c(Cl)ccc(Br)c1C1CNC1. The van der Waals surface area contributed by atoms with Gasteiger partial charge >= 0.3 is 0 Å². The second-order valence-electron chi connectivity index (χ2n) is 3.11. The van der Waals surface area contributed by atoms with Gasteiger partial charge in [0, 0.05) is 29.0 Å². The molecule has 1 aliphatic heterocycles. The van der Waals surface area contributed by atoms with E-state index >= 15 is 0 Å². The van der Waals surface area contributed by atoms with Crippen molar-refractivity contribution in [1.82, 2.24) is 5.32 Å². The van der Waals surface area contributed by atoms with E-state index in [1.165, 1.54) is 0 Å². The first-order valence-corrected chi connectivity index (χ1v) is 5.21. The molecule has 1 nitrogen and oxygen atoms in total. The number of rotatable bonds is 1. The molecule has 1 aromatic carbocycles. The highest BCUT2D eigenvalue weighted by Crippen LogP contribution is 2.33. The Kier molecular flexibility index (Phi) is 2.58. The number of hydrogen-bond donors (Lipinski definition) is 1. The Morgan fingerprint density at radius 3 is 2.69 bits per heavy atom. The van der Waals surface area contributed by atoms with E-state index in [0.29, 0.717) is 5.56 Å². The minimum absolute atomic E-state index is 0.199. The summed E-state index contributed by atoms with van der Waals surface area (Å²) in [5, 5.41) is 3.30. The maximum Gasteiger partial charge on any atom is 0.146 e. The van der Waals surface area contributed by atoms with E-state index in [-0.39, 0.29) is 16.8 Å². The second kappa shape index (κ2) is 3.56. The normalized spacial score (nSPS) is 17.2. The Hall–Kier alpha value is -0.120. The molecule has 2 rings (SSSR count). The van der Waals surface area contributed by atoms with Gasteiger partial charge in [0.1, 0.15) is 5.82 Å². The highest BCUT2D eigenvalue weighted by atomic mass is 79.9. The summed E-state index contributed by atoms with van der Waals surface area (Å²) in [4.78, 5) is 0. The second-order valence-corrected chi connectivity index (χ2v) is 4.37. The zero-order chi connectivity index (χ0) is 9.42. The topological polar surface area (TPSA) is 12.0 Å². The summed E-state index contributed by atoms with van der Waals surface area (Å²) in [7, 11) is 0. The van der Waals surface area contributed by atoms with Gasteiger partial charge in [0.2, 0.25) is 0 Å². The maximum absolute atomic E-state index is 13.5. The zero-order valence-corrected chi connectivity index (χ0v) is 9.12. The summed E-state index contributed by atoms with van der Waals surface area (Å²) in [6.45, 7) is 1.66. The van der Waals surface area contributed by atoms with E-state index in [1.807, 2.05) is 0 Å². The van der Waals surface area contributed by atoms with Crippen LogP contribution in [0.5, 0.6) is 0 Å². The van der Waals surface area contributed by atoms with E-state index in [0.717, 1.165) is 17.6 Å². The van der Waals surface area contributed by atoms with Crippen LogP contribution >= 0.6 is 27.5 Å². The molecular weight excluding hydrogens is 256 g/mol. The molecule has 0 aromatic heterocycles. The standard InChI is InChI=1S/C9H8BrClFN/c10-6-1-2-7(11)9(12)8(6)5-3-13-4-5/h1-2,5,13H,3-4H2. The molecule has 0 radical (unpaired) electrons. The zero-order valence-electron chi connectivity index (χ0n) is 6.78. The fourth-order valence-electron chi connectivity index (χ4n) is 1.41. The minimum Gasteiger partial charge on any atom is -0.315 e. The van der Waals surface area contributed by atoms with Crippen molar-refractivity contribution < 1.29 is 4.39 Å². The van der Waals surface area contributed by atoms with Crippen molar-refractivity contribution in [2.75, 3.05) is 13.1 Å². The molecule has 70 valence electrons. The van der Waals surface area contributed by atoms with Gasteiger partial charge in [-0.3, -0.25) is 0 Å². The first-order valence-electron chi connectivity index (χ1n) is 4.04. The molecule has 1 fully saturated rings. The fraction of sp³-hybridized carbons (Fsp3) is 0.333. The van der Waals surface area contributed by atoms with Crippen LogP contribution < -0.4 is 5.32 Å². The molecular formula is C9H8BrClFN. The molecule has 1 heterocycles. The molecule has 0 unspecified atom stereocenters. The lowest BCUT2D eigenvalue weighted by Gasteiger charge is -2.28. The molecule has 13 heavy (non-hydrogen) atoms. The van der Waals surface area contributed by atoms with E-state index in [2.05, 4.69) is 21.2 Å². The van der Waals surface area contributed by atoms with Gasteiger partial charge in [-0.2, -0.15) is 0 Å². The molecule has 0 atom stereocenters. The van der Waals surface area contributed by atoms with Crippen LogP contribution in [0.2, 0.25) is 5.02 Å². The average molecular weight is 265 g/mol. The molecule has 0 amide bonds. The van der Waals surface area contributed by atoms with Gasteiger partial charge in [-0.05, 0) is 12.1 Å². The first-order chi connectivity index (χ1) is 6.20. The first kappa shape index (κ1) is 9.44. The largest absolute Gasteiger partial charge is 0.315 e. The number of hydrogen-bond acceptors (Lipinski definition) is 1. The molecule has 1 aromatic rings. The highest BCUT2D eigenvalue weighted by Gasteiger charge is 2.25. The van der Waals surface area contributed by atoms with Gasteiger partial charge in [-0.25, -0.2) is 4.39 Å².